The van der Waals surface area contributed by atoms with E-state index in [9.17, 15) is 0 Å². The van der Waals surface area contributed by atoms with Crippen molar-refractivity contribution in [3.8, 4) is 11.6 Å². The smallest absolute Gasteiger partial charge is 0.235 e. The van der Waals surface area contributed by atoms with Crippen molar-refractivity contribution >= 4 is 17.0 Å². The number of hydrogen-bond donors (Lipinski definition) is 2. The zero-order valence-electron chi connectivity index (χ0n) is 11.5. The van der Waals surface area contributed by atoms with E-state index in [2.05, 4.69) is 44.4 Å². The van der Waals surface area contributed by atoms with Gasteiger partial charge in [-0.1, -0.05) is 0 Å². The maximum absolute atomic E-state index is 5.79. The van der Waals surface area contributed by atoms with Gasteiger partial charge >= 0.3 is 0 Å². The lowest BCUT2D eigenvalue weighted by molar-refractivity contribution is 0.465. The molecule has 0 aliphatic rings. The van der Waals surface area contributed by atoms with E-state index in [0.29, 0.717) is 23.2 Å². The molecular weight excluding hydrogens is 258 g/mol. The molecule has 3 rings (SSSR count). The predicted molar refractivity (Wildman–Crippen MR) is 73.9 cm³/mol. The lowest BCUT2D eigenvalue weighted by Gasteiger charge is -2.06. The Morgan fingerprint density at radius 3 is 2.85 bits per heavy atom. The van der Waals surface area contributed by atoms with Crippen LogP contribution in [0.3, 0.4) is 0 Å². The number of nitrogens with one attached hydrogen (secondary N) is 2. The Balaban J connectivity index is 1.98. The summed E-state index contributed by atoms with van der Waals surface area (Å²) in [6, 6.07) is 0.277. The third-order valence-corrected chi connectivity index (χ3v) is 2.82. The average molecular weight is 273 g/mol. The monoisotopic (exact) mass is 273 g/mol. The number of aromatic amines is 1. The largest absolute Gasteiger partial charge is 0.435 e. The van der Waals surface area contributed by atoms with Gasteiger partial charge in [0.05, 0.1) is 18.6 Å². The summed E-state index contributed by atoms with van der Waals surface area (Å²) in [6.45, 7) is 4.10. The van der Waals surface area contributed by atoms with Gasteiger partial charge in [0.2, 0.25) is 11.8 Å². The Hall–Kier alpha value is -2.64. The van der Waals surface area contributed by atoms with Crippen LogP contribution in [0.1, 0.15) is 19.9 Å². The van der Waals surface area contributed by atoms with Gasteiger partial charge in [-0.25, -0.2) is 0 Å². The lowest BCUT2D eigenvalue weighted by atomic mass is 10.4. The number of rotatable bonds is 4. The highest BCUT2D eigenvalue weighted by Gasteiger charge is 2.12. The van der Waals surface area contributed by atoms with Crippen LogP contribution in [0.15, 0.2) is 18.6 Å². The highest BCUT2D eigenvalue weighted by molar-refractivity contribution is 5.80. The minimum atomic E-state index is 0.277. The van der Waals surface area contributed by atoms with E-state index < -0.39 is 0 Å². The molecule has 2 N–H and O–H groups in total. The van der Waals surface area contributed by atoms with E-state index in [1.165, 1.54) is 0 Å². The van der Waals surface area contributed by atoms with Crippen molar-refractivity contribution in [1.29, 1.82) is 0 Å². The Labute approximate surface area is 115 Å². The molecule has 0 bridgehead atoms. The maximum Gasteiger partial charge on any atom is 0.235 e. The molecule has 0 aliphatic heterocycles. The molecule has 0 unspecified atom stereocenters. The zero-order valence-corrected chi connectivity index (χ0v) is 11.5. The molecule has 3 aromatic heterocycles. The average Bonchev–Trinajstić information content (AvgIpc) is 3.06. The van der Waals surface area contributed by atoms with Crippen molar-refractivity contribution in [3.05, 3.63) is 18.6 Å². The van der Waals surface area contributed by atoms with Gasteiger partial charge in [0, 0.05) is 13.1 Å². The first-order valence-corrected chi connectivity index (χ1v) is 6.28. The summed E-state index contributed by atoms with van der Waals surface area (Å²) in [5.41, 5.74) is 0.621. The number of aromatic nitrogens is 6. The molecule has 0 saturated carbocycles. The van der Waals surface area contributed by atoms with E-state index in [4.69, 9.17) is 4.74 Å². The van der Waals surface area contributed by atoms with Crippen molar-refractivity contribution < 1.29 is 4.74 Å². The molecule has 0 spiro atoms. The summed E-state index contributed by atoms with van der Waals surface area (Å²) in [5, 5.41) is 14.6. The van der Waals surface area contributed by atoms with E-state index in [1.807, 2.05) is 10.9 Å². The van der Waals surface area contributed by atoms with E-state index in [1.54, 1.807) is 19.4 Å². The number of anilines is 1. The Bertz CT molecular complexity index is 730. The van der Waals surface area contributed by atoms with Gasteiger partial charge < -0.3 is 10.1 Å². The first-order chi connectivity index (χ1) is 9.67. The van der Waals surface area contributed by atoms with Crippen molar-refractivity contribution in [2.75, 3.05) is 12.4 Å². The van der Waals surface area contributed by atoms with Crippen LogP contribution in [-0.2, 0) is 0 Å². The van der Waals surface area contributed by atoms with Crippen LogP contribution in [0.4, 0.5) is 5.95 Å². The fourth-order valence-corrected chi connectivity index (χ4v) is 1.77. The molecule has 0 amide bonds. The van der Waals surface area contributed by atoms with E-state index in [0.717, 1.165) is 5.39 Å². The van der Waals surface area contributed by atoms with Crippen molar-refractivity contribution in [2.45, 2.75) is 19.9 Å². The molecule has 104 valence electrons. The normalized spacial score (nSPS) is 11.2. The molecule has 0 radical (unpaired) electrons. The second-order valence-electron chi connectivity index (χ2n) is 4.59. The number of ether oxygens (including phenoxy) is 1. The molecule has 3 heterocycles. The summed E-state index contributed by atoms with van der Waals surface area (Å²) in [7, 11) is 1.75. The van der Waals surface area contributed by atoms with Crippen LogP contribution in [0, 0.1) is 0 Å². The zero-order chi connectivity index (χ0) is 14.1. The van der Waals surface area contributed by atoms with Crippen molar-refractivity contribution in [1.82, 2.24) is 29.9 Å². The summed E-state index contributed by atoms with van der Waals surface area (Å²) >= 11 is 0. The summed E-state index contributed by atoms with van der Waals surface area (Å²) in [6.07, 6.45) is 5.13. The topological polar surface area (TPSA) is 93.5 Å². The highest BCUT2D eigenvalue weighted by Crippen LogP contribution is 2.27. The fraction of sp³-hybridized carbons (Fsp3) is 0.333. The first kappa shape index (κ1) is 12.4. The molecule has 0 fully saturated rings. The van der Waals surface area contributed by atoms with Gasteiger partial charge in [-0.2, -0.15) is 20.2 Å². The molecule has 20 heavy (non-hydrogen) atoms. The van der Waals surface area contributed by atoms with Gasteiger partial charge in [0.15, 0.2) is 11.4 Å². The molecule has 8 nitrogen and oxygen atoms in total. The molecule has 0 aliphatic carbocycles. The lowest BCUT2D eigenvalue weighted by Crippen LogP contribution is -2.00. The highest BCUT2D eigenvalue weighted by atomic mass is 16.5. The number of fused-ring (bicyclic) bond motifs is 1. The number of H-pyrrole nitrogens is 1. The third-order valence-electron chi connectivity index (χ3n) is 2.82. The van der Waals surface area contributed by atoms with Crippen LogP contribution in [0.25, 0.3) is 11.0 Å². The Morgan fingerprint density at radius 2 is 2.15 bits per heavy atom. The fourth-order valence-electron chi connectivity index (χ4n) is 1.77. The summed E-state index contributed by atoms with van der Waals surface area (Å²) in [5.74, 6) is 1.53. The molecule has 0 aromatic carbocycles. The van der Waals surface area contributed by atoms with Crippen LogP contribution in [0.2, 0.25) is 0 Å². The van der Waals surface area contributed by atoms with Crippen molar-refractivity contribution in [2.24, 2.45) is 0 Å². The quantitative estimate of drug-likeness (QED) is 0.754. The van der Waals surface area contributed by atoms with Crippen molar-refractivity contribution in [3.63, 3.8) is 0 Å². The van der Waals surface area contributed by atoms with E-state index >= 15 is 0 Å². The number of hydrogen-bond acceptors (Lipinski definition) is 6. The Morgan fingerprint density at radius 1 is 1.30 bits per heavy atom. The molecule has 0 saturated heterocycles. The molecule has 3 aromatic rings. The Kier molecular flexibility index (Phi) is 2.97. The minimum Gasteiger partial charge on any atom is -0.435 e. The number of nitrogens with zero attached hydrogens (tertiary/aromatic N) is 5. The predicted octanol–water partition coefficient (Wildman–Crippen LogP) is 1.96. The van der Waals surface area contributed by atoms with Gasteiger partial charge in [-0.05, 0) is 13.8 Å². The molecule has 8 heteroatoms. The second kappa shape index (κ2) is 4.80. The van der Waals surface area contributed by atoms with Crippen LogP contribution in [0.5, 0.6) is 11.6 Å². The summed E-state index contributed by atoms with van der Waals surface area (Å²) < 4.78 is 7.61. The molecule has 0 atom stereocenters. The first-order valence-electron chi connectivity index (χ1n) is 6.28. The van der Waals surface area contributed by atoms with Gasteiger partial charge in [-0.3, -0.25) is 9.78 Å². The summed E-state index contributed by atoms with van der Waals surface area (Å²) in [4.78, 5) is 8.55. The van der Waals surface area contributed by atoms with Crippen LogP contribution in [-0.4, -0.2) is 37.0 Å². The third kappa shape index (κ3) is 2.15. The van der Waals surface area contributed by atoms with Gasteiger partial charge in [-0.15, -0.1) is 0 Å². The standard InChI is InChI=1S/C12H15N7O/c1-7(2)19-6-8(4-15-19)20-11-9-5-14-18-10(9)16-12(13-3)17-11/h4-7H,1-3H3,(H2,13,14,16,17,18). The maximum atomic E-state index is 5.79. The van der Waals surface area contributed by atoms with Gasteiger partial charge in [0.1, 0.15) is 5.39 Å². The van der Waals surface area contributed by atoms with Gasteiger partial charge in [0.25, 0.3) is 0 Å². The van der Waals surface area contributed by atoms with E-state index in [-0.39, 0.29) is 6.04 Å². The second-order valence-corrected chi connectivity index (χ2v) is 4.59. The SMILES string of the molecule is CNc1nc(Oc2cnn(C(C)C)c2)c2cn[nH]c2n1. The van der Waals surface area contributed by atoms with Crippen LogP contribution < -0.4 is 10.1 Å². The minimum absolute atomic E-state index is 0.277. The van der Waals surface area contributed by atoms with Crippen LogP contribution >= 0.6 is 0 Å². The molecular formula is C12H15N7O.